The minimum Gasteiger partial charge on any atom is -0.337 e. The molecule has 5 nitrogen and oxygen atoms in total. The molecule has 0 unspecified atom stereocenters. The molecule has 0 aromatic carbocycles. The highest BCUT2D eigenvalue weighted by Gasteiger charge is 2.19. The van der Waals surface area contributed by atoms with Crippen molar-refractivity contribution < 1.29 is 4.79 Å². The number of carbonyl (C=O) groups excluding carboxylic acids is 1. The number of amides is 1. The Bertz CT molecular complexity index is 588. The van der Waals surface area contributed by atoms with Crippen LogP contribution < -0.4 is 0 Å². The zero-order chi connectivity index (χ0) is 15.2. The molecule has 21 heavy (non-hydrogen) atoms. The Hall–Kier alpha value is -1.47. The highest BCUT2D eigenvalue weighted by molar-refractivity contribution is 8.00. The minimum absolute atomic E-state index is 0.0412. The molecule has 0 fully saturated rings. The van der Waals surface area contributed by atoms with Gasteiger partial charge in [0.1, 0.15) is 10.7 Å². The van der Waals surface area contributed by atoms with Crippen molar-refractivity contribution in [3.05, 3.63) is 35.4 Å². The number of hydrogen-bond acceptors (Lipinski definition) is 6. The van der Waals surface area contributed by atoms with Gasteiger partial charge >= 0.3 is 0 Å². The van der Waals surface area contributed by atoms with Crippen molar-refractivity contribution >= 4 is 29.0 Å². The zero-order valence-corrected chi connectivity index (χ0v) is 13.9. The number of carbonyl (C=O) groups is 1. The summed E-state index contributed by atoms with van der Waals surface area (Å²) >= 11 is 3.29. The van der Waals surface area contributed by atoms with Gasteiger partial charge in [-0.2, -0.15) is 0 Å². The van der Waals surface area contributed by atoms with Crippen LogP contribution in [0.2, 0.25) is 0 Å². The second-order valence-electron chi connectivity index (χ2n) is 4.53. The molecule has 2 aromatic heterocycles. The fraction of sp³-hybridized carbons (Fsp3) is 0.429. The predicted octanol–water partition coefficient (Wildman–Crippen LogP) is 2.81. The van der Waals surface area contributed by atoms with Gasteiger partial charge in [0.25, 0.3) is 0 Å². The van der Waals surface area contributed by atoms with Gasteiger partial charge in [0.15, 0.2) is 0 Å². The summed E-state index contributed by atoms with van der Waals surface area (Å²) in [6, 6.07) is 1.75. The average Bonchev–Trinajstić information content (AvgIpc) is 2.94. The fourth-order valence-corrected chi connectivity index (χ4v) is 3.54. The van der Waals surface area contributed by atoms with E-state index in [1.807, 2.05) is 18.4 Å². The first-order valence-corrected chi connectivity index (χ1v) is 8.57. The van der Waals surface area contributed by atoms with Gasteiger partial charge in [-0.05, 0) is 18.7 Å². The first-order chi connectivity index (χ1) is 10.1. The maximum absolute atomic E-state index is 12.3. The number of likely N-dealkylation sites (N-methyl/N-ethyl adjacent to an activating group) is 1. The average molecular weight is 322 g/mol. The molecule has 0 aliphatic heterocycles. The maximum Gasteiger partial charge on any atom is 0.228 e. The molecule has 1 amide bonds. The molecule has 0 radical (unpaired) electrons. The third-order valence-corrected chi connectivity index (χ3v) is 5.09. The van der Waals surface area contributed by atoms with E-state index in [-0.39, 0.29) is 11.9 Å². The van der Waals surface area contributed by atoms with E-state index >= 15 is 0 Å². The first kappa shape index (κ1) is 15.9. The molecule has 2 heterocycles. The van der Waals surface area contributed by atoms with Gasteiger partial charge in [0.05, 0.1) is 23.9 Å². The van der Waals surface area contributed by atoms with E-state index in [2.05, 4.69) is 21.9 Å². The molecule has 0 bridgehead atoms. The van der Waals surface area contributed by atoms with Gasteiger partial charge in [-0.25, -0.2) is 15.0 Å². The molecule has 0 aliphatic rings. The summed E-state index contributed by atoms with van der Waals surface area (Å²) in [7, 11) is 1.79. The number of rotatable bonds is 6. The molecule has 0 aliphatic carbocycles. The van der Waals surface area contributed by atoms with Crippen LogP contribution in [-0.2, 0) is 11.2 Å². The topological polar surface area (TPSA) is 59.0 Å². The summed E-state index contributed by atoms with van der Waals surface area (Å²) in [6.45, 7) is 4.05. The van der Waals surface area contributed by atoms with Crippen molar-refractivity contribution in [2.45, 2.75) is 30.6 Å². The van der Waals surface area contributed by atoms with E-state index in [4.69, 9.17) is 0 Å². The normalized spacial score (nSPS) is 12.1. The molecule has 2 rings (SSSR count). The van der Waals surface area contributed by atoms with E-state index in [1.54, 1.807) is 41.2 Å². The molecule has 0 spiro atoms. The summed E-state index contributed by atoms with van der Waals surface area (Å²) < 4.78 is 1.02. The predicted molar refractivity (Wildman–Crippen MR) is 85.4 cm³/mol. The van der Waals surface area contributed by atoms with Crippen molar-refractivity contribution in [3.63, 3.8) is 0 Å². The monoisotopic (exact) mass is 322 g/mol. The van der Waals surface area contributed by atoms with E-state index in [0.717, 1.165) is 21.5 Å². The van der Waals surface area contributed by atoms with E-state index < -0.39 is 0 Å². The summed E-state index contributed by atoms with van der Waals surface area (Å²) in [5.74, 6) is 1.03. The Balaban J connectivity index is 1.98. The lowest BCUT2D eigenvalue weighted by Crippen LogP contribution is -2.31. The quantitative estimate of drug-likeness (QED) is 0.765. The second-order valence-corrected chi connectivity index (χ2v) is 6.90. The SMILES string of the molecule is CCSc1nc(CC(=O)N(C)[C@H](C)c2ccncn2)cs1. The van der Waals surface area contributed by atoms with Crippen LogP contribution in [0.1, 0.15) is 31.3 Å². The van der Waals surface area contributed by atoms with Crippen molar-refractivity contribution in [2.75, 3.05) is 12.8 Å². The molecule has 1 atom stereocenters. The van der Waals surface area contributed by atoms with Crippen molar-refractivity contribution in [1.82, 2.24) is 19.9 Å². The molecular weight excluding hydrogens is 304 g/mol. The smallest absolute Gasteiger partial charge is 0.228 e. The highest BCUT2D eigenvalue weighted by atomic mass is 32.2. The van der Waals surface area contributed by atoms with Crippen molar-refractivity contribution in [1.29, 1.82) is 0 Å². The largest absolute Gasteiger partial charge is 0.337 e. The van der Waals surface area contributed by atoms with Gasteiger partial charge in [0, 0.05) is 18.6 Å². The Morgan fingerprint density at radius 3 is 3.00 bits per heavy atom. The molecule has 0 N–H and O–H groups in total. The van der Waals surface area contributed by atoms with Crippen LogP contribution in [0.3, 0.4) is 0 Å². The van der Waals surface area contributed by atoms with Crippen LogP contribution in [0.4, 0.5) is 0 Å². The standard InChI is InChI=1S/C14H18N4OS2/c1-4-20-14-17-11(8-21-14)7-13(19)18(3)10(2)12-5-6-15-9-16-12/h5-6,8-10H,4,7H2,1-3H3/t10-/m1/s1. The molecular formula is C14H18N4OS2. The summed E-state index contributed by atoms with van der Waals surface area (Å²) in [5, 5.41) is 1.96. The Labute approximate surface area is 132 Å². The third-order valence-electron chi connectivity index (χ3n) is 3.14. The summed E-state index contributed by atoms with van der Waals surface area (Å²) in [5.41, 5.74) is 1.67. The Kier molecular flexibility index (Phi) is 5.69. The highest BCUT2D eigenvalue weighted by Crippen LogP contribution is 2.23. The molecule has 112 valence electrons. The Morgan fingerprint density at radius 1 is 1.52 bits per heavy atom. The van der Waals surface area contributed by atoms with Gasteiger partial charge in [-0.1, -0.05) is 18.7 Å². The van der Waals surface area contributed by atoms with Crippen molar-refractivity contribution in [3.8, 4) is 0 Å². The van der Waals surface area contributed by atoms with Gasteiger partial charge in [-0.3, -0.25) is 4.79 Å². The number of hydrogen-bond donors (Lipinski definition) is 0. The van der Waals surface area contributed by atoms with Crippen LogP contribution in [0.25, 0.3) is 0 Å². The second kappa shape index (κ2) is 7.51. The fourth-order valence-electron chi connectivity index (χ4n) is 1.80. The van der Waals surface area contributed by atoms with Crippen LogP contribution >= 0.6 is 23.1 Å². The van der Waals surface area contributed by atoms with Crippen LogP contribution in [-0.4, -0.2) is 38.6 Å². The number of nitrogens with zero attached hydrogens (tertiary/aromatic N) is 4. The minimum atomic E-state index is -0.0800. The van der Waals surface area contributed by atoms with Gasteiger partial charge < -0.3 is 4.90 Å². The van der Waals surface area contributed by atoms with Gasteiger partial charge in [-0.15, -0.1) is 11.3 Å². The first-order valence-electron chi connectivity index (χ1n) is 6.70. The van der Waals surface area contributed by atoms with E-state index in [9.17, 15) is 4.79 Å². The van der Waals surface area contributed by atoms with Crippen LogP contribution in [0.5, 0.6) is 0 Å². The van der Waals surface area contributed by atoms with E-state index in [1.165, 1.54) is 6.33 Å². The molecule has 0 saturated carbocycles. The molecule has 2 aromatic rings. The zero-order valence-electron chi connectivity index (χ0n) is 12.3. The Morgan fingerprint density at radius 2 is 2.33 bits per heavy atom. The number of thiazole rings is 1. The lowest BCUT2D eigenvalue weighted by Gasteiger charge is -2.24. The number of thioether (sulfide) groups is 1. The molecule has 7 heteroatoms. The molecule has 0 saturated heterocycles. The van der Waals surface area contributed by atoms with Crippen LogP contribution in [0, 0.1) is 0 Å². The summed E-state index contributed by atoms with van der Waals surface area (Å²) in [6.07, 6.45) is 3.51. The van der Waals surface area contributed by atoms with Crippen molar-refractivity contribution in [2.24, 2.45) is 0 Å². The van der Waals surface area contributed by atoms with Crippen LogP contribution in [0.15, 0.2) is 28.3 Å². The lowest BCUT2D eigenvalue weighted by molar-refractivity contribution is -0.131. The lowest BCUT2D eigenvalue weighted by atomic mass is 10.2. The maximum atomic E-state index is 12.3. The number of aromatic nitrogens is 3. The third kappa shape index (κ3) is 4.25. The van der Waals surface area contributed by atoms with Gasteiger partial charge in [0.2, 0.25) is 5.91 Å². The summed E-state index contributed by atoms with van der Waals surface area (Å²) in [4.78, 5) is 26.6. The van der Waals surface area contributed by atoms with E-state index in [0.29, 0.717) is 6.42 Å².